The van der Waals surface area contributed by atoms with E-state index < -0.39 is 0 Å². The maximum absolute atomic E-state index is 11.9. The van der Waals surface area contributed by atoms with Gasteiger partial charge in [-0.05, 0) is 25.0 Å². The van der Waals surface area contributed by atoms with Crippen LogP contribution in [0.5, 0.6) is 0 Å². The van der Waals surface area contributed by atoms with Crippen LogP contribution in [0, 0.1) is 0 Å². The number of carbonyl (C=O) groups excluding carboxylic acids is 1. The molecule has 16 heavy (non-hydrogen) atoms. The standard InChI is InChI=1S/C14H18O2/c1-4-12-7-6-8-13(9-12)14(15)11(3)10-16-5-2/h6-9H,3-5,10H2,1-2H3. The molecule has 86 valence electrons. The second kappa shape index (κ2) is 6.23. The smallest absolute Gasteiger partial charge is 0.190 e. The number of hydrogen-bond donors (Lipinski definition) is 0. The average molecular weight is 218 g/mol. The molecular formula is C14H18O2. The molecule has 0 radical (unpaired) electrons. The van der Waals surface area contributed by atoms with Gasteiger partial charge in [0.1, 0.15) is 0 Å². The van der Waals surface area contributed by atoms with E-state index in [0.29, 0.717) is 24.4 Å². The van der Waals surface area contributed by atoms with E-state index in [0.717, 1.165) is 12.0 Å². The molecular weight excluding hydrogens is 200 g/mol. The first-order chi connectivity index (χ1) is 7.69. The minimum absolute atomic E-state index is 0.0243. The fourth-order valence-corrected chi connectivity index (χ4v) is 1.43. The van der Waals surface area contributed by atoms with Gasteiger partial charge in [0.25, 0.3) is 0 Å². The van der Waals surface area contributed by atoms with Crippen molar-refractivity contribution in [1.29, 1.82) is 0 Å². The zero-order valence-corrected chi connectivity index (χ0v) is 9.95. The summed E-state index contributed by atoms with van der Waals surface area (Å²) in [4.78, 5) is 11.9. The van der Waals surface area contributed by atoms with E-state index in [2.05, 4.69) is 13.5 Å². The number of benzene rings is 1. The van der Waals surface area contributed by atoms with Gasteiger partial charge in [-0.2, -0.15) is 0 Å². The van der Waals surface area contributed by atoms with Gasteiger partial charge in [0.2, 0.25) is 0 Å². The molecule has 0 N–H and O–H groups in total. The van der Waals surface area contributed by atoms with Crippen molar-refractivity contribution >= 4 is 5.78 Å². The lowest BCUT2D eigenvalue weighted by atomic mass is 10.0. The molecule has 0 aliphatic carbocycles. The van der Waals surface area contributed by atoms with Crippen molar-refractivity contribution in [3.63, 3.8) is 0 Å². The Morgan fingerprint density at radius 3 is 2.75 bits per heavy atom. The number of carbonyl (C=O) groups is 1. The van der Waals surface area contributed by atoms with Gasteiger partial charge in [0, 0.05) is 17.7 Å². The fourth-order valence-electron chi connectivity index (χ4n) is 1.43. The second-order valence-corrected chi connectivity index (χ2v) is 3.62. The van der Waals surface area contributed by atoms with Crippen LogP contribution in [0.3, 0.4) is 0 Å². The van der Waals surface area contributed by atoms with Crippen LogP contribution in [0.15, 0.2) is 36.4 Å². The zero-order valence-electron chi connectivity index (χ0n) is 9.95. The van der Waals surface area contributed by atoms with Gasteiger partial charge in [-0.3, -0.25) is 4.79 Å². The van der Waals surface area contributed by atoms with Crippen molar-refractivity contribution in [2.24, 2.45) is 0 Å². The molecule has 0 saturated heterocycles. The lowest BCUT2D eigenvalue weighted by Crippen LogP contribution is -2.08. The molecule has 0 saturated carbocycles. The van der Waals surface area contributed by atoms with Crippen LogP contribution in [0.2, 0.25) is 0 Å². The maximum atomic E-state index is 11.9. The Morgan fingerprint density at radius 2 is 2.12 bits per heavy atom. The normalized spacial score (nSPS) is 10.1. The quantitative estimate of drug-likeness (QED) is 0.542. The first-order valence-electron chi connectivity index (χ1n) is 5.58. The summed E-state index contributed by atoms with van der Waals surface area (Å²) in [7, 11) is 0. The van der Waals surface area contributed by atoms with Crippen LogP contribution >= 0.6 is 0 Å². The van der Waals surface area contributed by atoms with Gasteiger partial charge in [-0.15, -0.1) is 0 Å². The van der Waals surface area contributed by atoms with E-state index in [1.165, 1.54) is 0 Å². The van der Waals surface area contributed by atoms with Crippen LogP contribution in [-0.2, 0) is 11.2 Å². The molecule has 0 aliphatic rings. The molecule has 1 rings (SSSR count). The molecule has 0 spiro atoms. The van der Waals surface area contributed by atoms with Crippen molar-refractivity contribution in [2.75, 3.05) is 13.2 Å². The van der Waals surface area contributed by atoms with Crippen molar-refractivity contribution in [3.05, 3.63) is 47.5 Å². The Balaban J connectivity index is 2.75. The first-order valence-corrected chi connectivity index (χ1v) is 5.58. The number of rotatable bonds is 6. The Labute approximate surface area is 96.9 Å². The molecule has 0 amide bonds. The van der Waals surface area contributed by atoms with Crippen molar-refractivity contribution in [3.8, 4) is 0 Å². The Morgan fingerprint density at radius 1 is 1.38 bits per heavy atom. The van der Waals surface area contributed by atoms with Gasteiger partial charge >= 0.3 is 0 Å². The molecule has 0 aromatic heterocycles. The molecule has 2 nitrogen and oxygen atoms in total. The van der Waals surface area contributed by atoms with E-state index in [4.69, 9.17) is 4.74 Å². The number of ketones is 1. The SMILES string of the molecule is C=C(COCC)C(=O)c1cccc(CC)c1. The molecule has 1 aromatic carbocycles. The van der Waals surface area contributed by atoms with E-state index in [1.807, 2.05) is 31.2 Å². The summed E-state index contributed by atoms with van der Waals surface area (Å²) in [5.41, 5.74) is 2.37. The predicted octanol–water partition coefficient (Wildman–Crippen LogP) is 3.02. The highest BCUT2D eigenvalue weighted by Gasteiger charge is 2.10. The fraction of sp³-hybridized carbons (Fsp3) is 0.357. The summed E-state index contributed by atoms with van der Waals surface area (Å²) in [5, 5.41) is 0. The molecule has 0 heterocycles. The molecule has 1 aromatic rings. The third-order valence-electron chi connectivity index (χ3n) is 2.40. The highest BCUT2D eigenvalue weighted by atomic mass is 16.5. The number of aryl methyl sites for hydroxylation is 1. The topological polar surface area (TPSA) is 26.3 Å². The first kappa shape index (κ1) is 12.7. The summed E-state index contributed by atoms with van der Waals surface area (Å²) in [6.45, 7) is 8.63. The highest BCUT2D eigenvalue weighted by molar-refractivity contribution is 6.08. The third kappa shape index (κ3) is 3.31. The summed E-state index contributed by atoms with van der Waals surface area (Å²) < 4.78 is 5.17. The Bertz CT molecular complexity index is 380. The van der Waals surface area contributed by atoms with E-state index in [9.17, 15) is 4.79 Å². The minimum atomic E-state index is -0.0243. The third-order valence-corrected chi connectivity index (χ3v) is 2.40. The number of Topliss-reactive ketones (excluding diaryl/α,β-unsaturated/α-hetero) is 1. The lowest BCUT2D eigenvalue weighted by Gasteiger charge is -2.06. The van der Waals surface area contributed by atoms with Gasteiger partial charge < -0.3 is 4.74 Å². The molecule has 0 fully saturated rings. The van der Waals surface area contributed by atoms with Crippen molar-refractivity contribution in [1.82, 2.24) is 0 Å². The van der Waals surface area contributed by atoms with Gasteiger partial charge in [-0.25, -0.2) is 0 Å². The second-order valence-electron chi connectivity index (χ2n) is 3.62. The van der Waals surface area contributed by atoms with Crippen LogP contribution in [0.4, 0.5) is 0 Å². The highest BCUT2D eigenvalue weighted by Crippen LogP contribution is 2.10. The largest absolute Gasteiger partial charge is 0.377 e. The van der Waals surface area contributed by atoms with Crippen LogP contribution < -0.4 is 0 Å². The van der Waals surface area contributed by atoms with E-state index in [1.54, 1.807) is 0 Å². The van der Waals surface area contributed by atoms with Crippen molar-refractivity contribution in [2.45, 2.75) is 20.3 Å². The molecule has 0 atom stereocenters. The summed E-state index contributed by atoms with van der Waals surface area (Å²) in [6, 6.07) is 7.65. The molecule has 0 unspecified atom stereocenters. The maximum Gasteiger partial charge on any atom is 0.190 e. The summed E-state index contributed by atoms with van der Waals surface area (Å²) in [5.74, 6) is -0.0243. The predicted molar refractivity (Wildman–Crippen MR) is 65.8 cm³/mol. The van der Waals surface area contributed by atoms with Crippen LogP contribution in [0.25, 0.3) is 0 Å². The average Bonchev–Trinajstić information content (AvgIpc) is 2.35. The van der Waals surface area contributed by atoms with Gasteiger partial charge in [-0.1, -0.05) is 31.7 Å². The summed E-state index contributed by atoms with van der Waals surface area (Å²) in [6.07, 6.45) is 0.930. The van der Waals surface area contributed by atoms with Crippen LogP contribution in [0.1, 0.15) is 29.8 Å². The van der Waals surface area contributed by atoms with Crippen molar-refractivity contribution < 1.29 is 9.53 Å². The minimum Gasteiger partial charge on any atom is -0.377 e. The van der Waals surface area contributed by atoms with E-state index in [-0.39, 0.29) is 5.78 Å². The van der Waals surface area contributed by atoms with E-state index >= 15 is 0 Å². The number of hydrogen-bond acceptors (Lipinski definition) is 2. The number of ether oxygens (including phenoxy) is 1. The zero-order chi connectivity index (χ0) is 12.0. The molecule has 0 aliphatic heterocycles. The summed E-state index contributed by atoms with van der Waals surface area (Å²) >= 11 is 0. The Hall–Kier alpha value is -1.41. The van der Waals surface area contributed by atoms with Gasteiger partial charge in [0.05, 0.1) is 6.61 Å². The van der Waals surface area contributed by atoms with Gasteiger partial charge in [0.15, 0.2) is 5.78 Å². The molecule has 2 heteroatoms. The molecule has 0 bridgehead atoms. The monoisotopic (exact) mass is 218 g/mol. The Kier molecular flexibility index (Phi) is 4.93. The van der Waals surface area contributed by atoms with Crippen LogP contribution in [-0.4, -0.2) is 19.0 Å². The lowest BCUT2D eigenvalue weighted by molar-refractivity contribution is 0.0991.